The maximum atomic E-state index is 13.2. The highest BCUT2D eigenvalue weighted by Gasteiger charge is 2.46. The summed E-state index contributed by atoms with van der Waals surface area (Å²) in [6, 6.07) is 1.08. The lowest BCUT2D eigenvalue weighted by Gasteiger charge is -2.15. The molecule has 0 aliphatic heterocycles. The Balaban J connectivity index is 0.000000606. The summed E-state index contributed by atoms with van der Waals surface area (Å²) in [5.74, 6) is -3.42. The van der Waals surface area contributed by atoms with Crippen molar-refractivity contribution >= 4 is 0 Å². The van der Waals surface area contributed by atoms with E-state index >= 15 is 0 Å². The van der Waals surface area contributed by atoms with Crippen LogP contribution in [0.15, 0.2) is 12.1 Å². The first-order valence-corrected chi connectivity index (χ1v) is 5.34. The minimum atomic E-state index is -2.94. The summed E-state index contributed by atoms with van der Waals surface area (Å²) in [6.45, 7) is 5.60. The highest BCUT2D eigenvalue weighted by atomic mass is 19.3. The van der Waals surface area contributed by atoms with Crippen molar-refractivity contribution in [1.82, 2.24) is 0 Å². The van der Waals surface area contributed by atoms with Gasteiger partial charge in [-0.1, -0.05) is 13.8 Å². The van der Waals surface area contributed by atoms with Crippen molar-refractivity contribution in [2.45, 2.75) is 39.2 Å². The predicted molar refractivity (Wildman–Crippen MR) is 58.1 cm³/mol. The van der Waals surface area contributed by atoms with Crippen molar-refractivity contribution in [1.29, 1.82) is 0 Å². The van der Waals surface area contributed by atoms with Crippen LogP contribution in [-0.4, -0.2) is 5.92 Å². The van der Waals surface area contributed by atoms with Gasteiger partial charge in [0.05, 0.1) is 6.04 Å². The van der Waals surface area contributed by atoms with Gasteiger partial charge in [0.1, 0.15) is 5.82 Å². The first kappa shape index (κ1) is 13.0. The first-order valence-electron chi connectivity index (χ1n) is 5.34. The van der Waals surface area contributed by atoms with E-state index in [1.165, 1.54) is 6.07 Å². The molecule has 0 spiro atoms. The van der Waals surface area contributed by atoms with Gasteiger partial charge in [-0.3, -0.25) is 0 Å². The van der Waals surface area contributed by atoms with Crippen LogP contribution >= 0.6 is 0 Å². The Morgan fingerprint density at radius 2 is 1.88 bits per heavy atom. The number of alkyl halides is 2. The van der Waals surface area contributed by atoms with E-state index in [0.717, 1.165) is 6.07 Å². The minimum Gasteiger partial charge on any atom is -0.319 e. The maximum absolute atomic E-state index is 13.2. The summed E-state index contributed by atoms with van der Waals surface area (Å²) >= 11 is 0. The lowest BCUT2D eigenvalue weighted by atomic mass is 10.0. The van der Waals surface area contributed by atoms with Crippen LogP contribution in [0.25, 0.3) is 0 Å². The Hall–Kier alpha value is -1.03. The van der Waals surface area contributed by atoms with Crippen molar-refractivity contribution in [3.63, 3.8) is 0 Å². The average Bonchev–Trinajstić information content (AvgIpc) is 2.40. The molecular formula is C12H16F3N. The quantitative estimate of drug-likeness (QED) is 0.728. The smallest absolute Gasteiger partial charge is 0.271 e. The third-order valence-electron chi connectivity index (χ3n) is 2.63. The van der Waals surface area contributed by atoms with E-state index in [1.807, 2.05) is 13.8 Å². The number of nitrogens with two attached hydrogens (primary N) is 1. The van der Waals surface area contributed by atoms with Crippen LogP contribution in [0.5, 0.6) is 0 Å². The molecule has 0 aromatic heterocycles. The number of hydrogen-bond acceptors (Lipinski definition) is 1. The van der Waals surface area contributed by atoms with Crippen molar-refractivity contribution in [2.75, 3.05) is 0 Å². The summed E-state index contributed by atoms with van der Waals surface area (Å²) in [5, 5.41) is 0. The summed E-state index contributed by atoms with van der Waals surface area (Å²) in [6.07, 6.45) is -0.456. The molecule has 1 aromatic carbocycles. The van der Waals surface area contributed by atoms with Gasteiger partial charge in [-0.05, 0) is 35.7 Å². The van der Waals surface area contributed by atoms with Crippen LogP contribution in [0, 0.1) is 12.7 Å². The molecule has 0 bridgehead atoms. The van der Waals surface area contributed by atoms with E-state index in [1.54, 1.807) is 6.92 Å². The minimum absolute atomic E-state index is 0.333. The number of fused-ring (bicyclic) bond motifs is 1. The number of halogens is 3. The zero-order valence-electron chi connectivity index (χ0n) is 9.65. The fourth-order valence-electron chi connectivity index (χ4n) is 1.99. The van der Waals surface area contributed by atoms with Gasteiger partial charge in [0.25, 0.3) is 5.92 Å². The second-order valence-corrected chi connectivity index (χ2v) is 3.71. The monoisotopic (exact) mass is 231 g/mol. The van der Waals surface area contributed by atoms with E-state index in [-0.39, 0.29) is 0 Å². The molecule has 0 amide bonds. The Morgan fingerprint density at radius 1 is 1.31 bits per heavy atom. The first-order chi connectivity index (χ1) is 7.42. The molecule has 1 aliphatic carbocycles. The van der Waals surface area contributed by atoms with Crippen LogP contribution in [0.2, 0.25) is 0 Å². The second kappa shape index (κ2) is 4.45. The van der Waals surface area contributed by atoms with E-state index in [0.29, 0.717) is 16.7 Å². The maximum Gasteiger partial charge on any atom is 0.271 e. The van der Waals surface area contributed by atoms with E-state index in [4.69, 9.17) is 5.73 Å². The largest absolute Gasteiger partial charge is 0.319 e. The molecule has 4 heteroatoms. The Bertz CT molecular complexity index is 388. The number of rotatable bonds is 0. The molecule has 90 valence electrons. The lowest BCUT2D eigenvalue weighted by Crippen LogP contribution is -2.29. The molecule has 16 heavy (non-hydrogen) atoms. The highest BCUT2D eigenvalue weighted by molar-refractivity contribution is 5.43. The molecule has 1 aliphatic rings. The number of aryl methyl sites for hydroxylation is 1. The standard InChI is InChI=1S/C10H10F3N.C2H6/c1-5-2-7(11)3-6-4-10(12,13)9(14)8(5)6;1-2/h2-3,9H,4,14H2,1H3;1-2H3. The normalized spacial score (nSPS) is 21.1. The van der Waals surface area contributed by atoms with Gasteiger partial charge in [0, 0.05) is 6.42 Å². The molecule has 1 atom stereocenters. The van der Waals surface area contributed by atoms with Gasteiger partial charge >= 0.3 is 0 Å². The molecule has 1 nitrogen and oxygen atoms in total. The fraction of sp³-hybridized carbons (Fsp3) is 0.500. The van der Waals surface area contributed by atoms with E-state index < -0.39 is 24.2 Å². The van der Waals surface area contributed by atoms with Crippen LogP contribution < -0.4 is 5.73 Å². The summed E-state index contributed by atoms with van der Waals surface area (Å²) in [5.41, 5.74) is 6.64. The highest BCUT2D eigenvalue weighted by Crippen LogP contribution is 2.43. The van der Waals surface area contributed by atoms with Crippen LogP contribution in [0.4, 0.5) is 13.2 Å². The van der Waals surface area contributed by atoms with Crippen molar-refractivity contribution < 1.29 is 13.2 Å². The van der Waals surface area contributed by atoms with Crippen molar-refractivity contribution in [3.8, 4) is 0 Å². The number of benzene rings is 1. The summed E-state index contributed by atoms with van der Waals surface area (Å²) in [7, 11) is 0. The summed E-state index contributed by atoms with van der Waals surface area (Å²) in [4.78, 5) is 0. The van der Waals surface area contributed by atoms with Gasteiger partial charge in [-0.25, -0.2) is 13.2 Å². The van der Waals surface area contributed by atoms with E-state index in [9.17, 15) is 13.2 Å². The van der Waals surface area contributed by atoms with Gasteiger partial charge in [0.2, 0.25) is 0 Å². The average molecular weight is 231 g/mol. The van der Waals surface area contributed by atoms with Gasteiger partial charge < -0.3 is 5.73 Å². The van der Waals surface area contributed by atoms with Crippen LogP contribution in [0.1, 0.15) is 36.6 Å². The molecule has 0 heterocycles. The fourth-order valence-corrected chi connectivity index (χ4v) is 1.99. The van der Waals surface area contributed by atoms with Gasteiger partial charge in [0.15, 0.2) is 0 Å². The Labute approximate surface area is 93.5 Å². The number of hydrogen-bond donors (Lipinski definition) is 1. The van der Waals surface area contributed by atoms with Gasteiger partial charge in [-0.2, -0.15) is 0 Å². The van der Waals surface area contributed by atoms with Gasteiger partial charge in [-0.15, -0.1) is 0 Å². The SMILES string of the molecule is CC.Cc1cc(F)cc2c1C(N)C(F)(F)C2. The third-order valence-corrected chi connectivity index (χ3v) is 2.63. The third kappa shape index (κ3) is 2.07. The summed E-state index contributed by atoms with van der Waals surface area (Å²) < 4.78 is 39.3. The van der Waals surface area contributed by atoms with Crippen molar-refractivity contribution in [3.05, 3.63) is 34.6 Å². The zero-order chi connectivity index (χ0) is 12.5. The van der Waals surface area contributed by atoms with Crippen molar-refractivity contribution in [2.24, 2.45) is 5.73 Å². The molecule has 1 unspecified atom stereocenters. The molecule has 1 aromatic rings. The van der Waals surface area contributed by atoms with E-state index in [2.05, 4.69) is 0 Å². The molecule has 0 saturated carbocycles. The van der Waals surface area contributed by atoms with Crippen LogP contribution in [0.3, 0.4) is 0 Å². The Kier molecular flexibility index (Phi) is 3.63. The molecule has 2 N–H and O–H groups in total. The molecule has 0 radical (unpaired) electrons. The second-order valence-electron chi connectivity index (χ2n) is 3.71. The Morgan fingerprint density at radius 3 is 2.44 bits per heavy atom. The molecular weight excluding hydrogens is 215 g/mol. The lowest BCUT2D eigenvalue weighted by molar-refractivity contribution is -0.0136. The van der Waals surface area contributed by atoms with Crippen LogP contribution in [-0.2, 0) is 6.42 Å². The molecule has 2 rings (SSSR count). The molecule has 0 saturated heterocycles. The topological polar surface area (TPSA) is 26.0 Å². The zero-order valence-corrected chi connectivity index (χ0v) is 9.65. The predicted octanol–water partition coefficient (Wildman–Crippen LogP) is 3.35. The molecule has 0 fully saturated rings.